The lowest BCUT2D eigenvalue weighted by molar-refractivity contribution is -0.384. The standard InChI is InChI=1S/C22H27N5O5S/c1-5-6-14-24(3)19-13-12-18(15-20(19)27(29)30)33(31,32)23-21-16(2)25(4)26(22(21)28)17-10-8-7-9-11-17/h7-13,15,23H,5-6,14H2,1-4H3. The van der Waals surface area contributed by atoms with E-state index in [9.17, 15) is 23.3 Å². The number of hydrogen-bond acceptors (Lipinski definition) is 6. The molecule has 0 atom stereocenters. The van der Waals surface area contributed by atoms with Crippen molar-refractivity contribution in [1.82, 2.24) is 9.36 Å². The molecule has 0 bridgehead atoms. The van der Waals surface area contributed by atoms with Gasteiger partial charge < -0.3 is 4.90 Å². The summed E-state index contributed by atoms with van der Waals surface area (Å²) in [7, 11) is -0.887. The van der Waals surface area contributed by atoms with E-state index < -0.39 is 20.5 Å². The Morgan fingerprint density at radius 2 is 1.82 bits per heavy atom. The molecule has 0 aliphatic heterocycles. The molecule has 1 aromatic heterocycles. The molecule has 0 radical (unpaired) electrons. The van der Waals surface area contributed by atoms with Gasteiger partial charge in [0.05, 0.1) is 21.2 Å². The van der Waals surface area contributed by atoms with Crippen molar-refractivity contribution in [1.29, 1.82) is 0 Å². The highest BCUT2D eigenvalue weighted by atomic mass is 32.2. The molecule has 1 heterocycles. The van der Waals surface area contributed by atoms with Crippen LogP contribution in [0.4, 0.5) is 17.1 Å². The molecule has 0 unspecified atom stereocenters. The lowest BCUT2D eigenvalue weighted by Crippen LogP contribution is -2.23. The minimum absolute atomic E-state index is 0.117. The second kappa shape index (κ2) is 9.49. The zero-order chi connectivity index (χ0) is 24.3. The molecule has 0 saturated heterocycles. The Morgan fingerprint density at radius 3 is 2.42 bits per heavy atom. The Labute approximate surface area is 192 Å². The first-order chi connectivity index (χ1) is 15.6. The summed E-state index contributed by atoms with van der Waals surface area (Å²) in [4.78, 5) is 25.5. The van der Waals surface area contributed by atoms with Crippen molar-refractivity contribution in [2.45, 2.75) is 31.6 Å². The topological polar surface area (TPSA) is 119 Å². The average molecular weight is 474 g/mol. The Kier molecular flexibility index (Phi) is 6.92. The smallest absolute Gasteiger partial charge is 0.296 e. The molecule has 0 spiro atoms. The van der Waals surface area contributed by atoms with E-state index in [1.807, 2.05) is 13.0 Å². The molecular weight excluding hydrogens is 446 g/mol. The van der Waals surface area contributed by atoms with Crippen LogP contribution in [0.1, 0.15) is 25.5 Å². The van der Waals surface area contributed by atoms with Gasteiger partial charge in [-0.05, 0) is 37.6 Å². The van der Waals surface area contributed by atoms with Crippen LogP contribution >= 0.6 is 0 Å². The van der Waals surface area contributed by atoms with E-state index in [0.717, 1.165) is 18.9 Å². The fourth-order valence-corrected chi connectivity index (χ4v) is 4.67. The minimum atomic E-state index is -4.26. The van der Waals surface area contributed by atoms with Crippen LogP contribution < -0.4 is 15.2 Å². The molecule has 0 fully saturated rings. The molecule has 2 aromatic carbocycles. The largest absolute Gasteiger partial charge is 0.369 e. The zero-order valence-electron chi connectivity index (χ0n) is 19.0. The van der Waals surface area contributed by atoms with Crippen LogP contribution in [0.15, 0.2) is 58.2 Å². The molecule has 33 heavy (non-hydrogen) atoms. The van der Waals surface area contributed by atoms with Gasteiger partial charge in [-0.25, -0.2) is 13.1 Å². The Balaban J connectivity index is 2.02. The molecule has 3 aromatic rings. The maximum atomic E-state index is 13.1. The molecular formula is C22H27N5O5S. The van der Waals surface area contributed by atoms with Crippen LogP contribution in [0, 0.1) is 17.0 Å². The number of unbranched alkanes of at least 4 members (excludes halogenated alkanes) is 1. The summed E-state index contributed by atoms with van der Waals surface area (Å²) < 4.78 is 31.4. The van der Waals surface area contributed by atoms with Crippen LogP contribution in [-0.2, 0) is 17.1 Å². The number of sulfonamides is 1. The van der Waals surface area contributed by atoms with Crippen LogP contribution in [0.2, 0.25) is 0 Å². The molecule has 0 saturated carbocycles. The summed E-state index contributed by atoms with van der Waals surface area (Å²) in [5, 5.41) is 11.7. The van der Waals surface area contributed by atoms with Crippen LogP contribution in [0.25, 0.3) is 5.69 Å². The number of hydrogen-bond donors (Lipinski definition) is 1. The Bertz CT molecular complexity index is 1330. The highest BCUT2D eigenvalue weighted by Gasteiger charge is 2.26. The average Bonchev–Trinajstić information content (AvgIpc) is 3.00. The van der Waals surface area contributed by atoms with Crippen LogP contribution in [0.3, 0.4) is 0 Å². The van der Waals surface area contributed by atoms with Gasteiger partial charge in [0.2, 0.25) is 0 Å². The summed E-state index contributed by atoms with van der Waals surface area (Å²) in [5.74, 6) is 0. The van der Waals surface area contributed by atoms with Crippen molar-refractivity contribution >= 4 is 27.1 Å². The predicted molar refractivity (Wildman–Crippen MR) is 128 cm³/mol. The summed E-state index contributed by atoms with van der Waals surface area (Å²) in [6.45, 7) is 4.23. The molecule has 1 N–H and O–H groups in total. The van der Waals surface area contributed by atoms with Crippen LogP contribution in [0.5, 0.6) is 0 Å². The molecule has 176 valence electrons. The van der Waals surface area contributed by atoms with E-state index >= 15 is 0 Å². The summed E-state index contributed by atoms with van der Waals surface area (Å²) in [6.07, 6.45) is 1.77. The fraction of sp³-hybridized carbons (Fsp3) is 0.318. The Morgan fingerprint density at radius 1 is 1.15 bits per heavy atom. The van der Waals surface area contributed by atoms with Gasteiger partial charge in [-0.1, -0.05) is 31.5 Å². The number of rotatable bonds is 9. The van der Waals surface area contributed by atoms with Gasteiger partial charge in [0, 0.05) is 26.7 Å². The second-order valence-electron chi connectivity index (χ2n) is 7.72. The number of anilines is 2. The van der Waals surface area contributed by atoms with Crippen molar-refractivity contribution in [3.63, 3.8) is 0 Å². The number of nitro benzene ring substituents is 1. The van der Waals surface area contributed by atoms with E-state index in [0.29, 0.717) is 23.6 Å². The highest BCUT2D eigenvalue weighted by molar-refractivity contribution is 7.92. The first kappa shape index (κ1) is 24.1. The number of benzene rings is 2. The van der Waals surface area contributed by atoms with Gasteiger partial charge in [-0.2, -0.15) is 0 Å². The second-order valence-corrected chi connectivity index (χ2v) is 9.41. The van der Waals surface area contributed by atoms with Crippen LogP contribution in [-0.4, -0.2) is 36.3 Å². The molecule has 3 rings (SSSR count). The SMILES string of the molecule is CCCCN(C)c1ccc(S(=O)(=O)Nc2c(C)n(C)n(-c3ccccc3)c2=O)cc1[N+](=O)[O-]. The van der Waals surface area contributed by atoms with Crippen molar-refractivity contribution in [2.75, 3.05) is 23.2 Å². The quantitative estimate of drug-likeness (QED) is 0.376. The number of nitrogens with one attached hydrogen (secondary N) is 1. The zero-order valence-corrected chi connectivity index (χ0v) is 19.8. The first-order valence-corrected chi connectivity index (χ1v) is 11.9. The van der Waals surface area contributed by atoms with Crippen molar-refractivity contribution in [3.8, 4) is 5.69 Å². The van der Waals surface area contributed by atoms with Gasteiger partial charge >= 0.3 is 0 Å². The predicted octanol–water partition coefficient (Wildman–Crippen LogP) is 3.43. The van der Waals surface area contributed by atoms with Crippen molar-refractivity contribution < 1.29 is 13.3 Å². The van der Waals surface area contributed by atoms with Crippen molar-refractivity contribution in [2.24, 2.45) is 7.05 Å². The van der Waals surface area contributed by atoms with Gasteiger partial charge in [-0.15, -0.1) is 0 Å². The minimum Gasteiger partial charge on any atom is -0.369 e. The summed E-state index contributed by atoms with van der Waals surface area (Å²) in [6, 6.07) is 12.6. The van der Waals surface area contributed by atoms with Gasteiger partial charge in [0.25, 0.3) is 21.3 Å². The Hall–Kier alpha value is -3.60. The van der Waals surface area contributed by atoms with E-state index in [1.54, 1.807) is 54.9 Å². The summed E-state index contributed by atoms with van der Waals surface area (Å²) in [5.41, 5.74) is 0.326. The first-order valence-electron chi connectivity index (χ1n) is 10.4. The lowest BCUT2D eigenvalue weighted by atomic mass is 10.2. The van der Waals surface area contributed by atoms with E-state index in [-0.39, 0.29) is 16.3 Å². The maximum absolute atomic E-state index is 13.1. The fourth-order valence-electron chi connectivity index (χ4n) is 3.53. The van der Waals surface area contributed by atoms with Gasteiger partial charge in [-0.3, -0.25) is 24.3 Å². The number of nitro groups is 1. The van der Waals surface area contributed by atoms with E-state index in [2.05, 4.69) is 4.72 Å². The van der Waals surface area contributed by atoms with E-state index in [4.69, 9.17) is 0 Å². The van der Waals surface area contributed by atoms with Gasteiger partial charge in [0.1, 0.15) is 11.4 Å². The lowest BCUT2D eigenvalue weighted by Gasteiger charge is -2.19. The third kappa shape index (κ3) is 4.77. The third-order valence-corrected chi connectivity index (χ3v) is 6.85. The summed E-state index contributed by atoms with van der Waals surface area (Å²) >= 11 is 0. The molecule has 0 aliphatic carbocycles. The molecule has 0 amide bonds. The molecule has 0 aliphatic rings. The number of aromatic nitrogens is 2. The maximum Gasteiger partial charge on any atom is 0.296 e. The van der Waals surface area contributed by atoms with Crippen molar-refractivity contribution in [3.05, 3.63) is 74.7 Å². The van der Waals surface area contributed by atoms with E-state index in [1.165, 1.54) is 16.8 Å². The molecule has 10 nitrogen and oxygen atoms in total. The number of para-hydroxylation sites is 1. The monoisotopic (exact) mass is 473 g/mol. The highest BCUT2D eigenvalue weighted by Crippen LogP contribution is 2.31. The third-order valence-electron chi connectivity index (χ3n) is 5.50. The van der Waals surface area contributed by atoms with Gasteiger partial charge in [0.15, 0.2) is 0 Å². The normalized spacial score (nSPS) is 11.4. The molecule has 11 heteroatoms. The number of nitrogens with zero attached hydrogens (tertiary/aromatic N) is 4.